The molecule has 0 amide bonds. The topological polar surface area (TPSA) is 30.7 Å². The standard InChI is InChI=1S/C12H9F2N3S/c1-7-5-18-12(16-7)4-17-6-15-10-2-8(13)9(14)3-11(10)17/h2-3,5-6H,4H2,1H3. The third-order valence-electron chi connectivity index (χ3n) is 2.64. The molecule has 0 aliphatic heterocycles. The third kappa shape index (κ3) is 1.88. The first kappa shape index (κ1) is 11.3. The van der Waals surface area contributed by atoms with Crippen LogP contribution in [-0.4, -0.2) is 14.5 Å². The lowest BCUT2D eigenvalue weighted by Gasteiger charge is -2.01. The number of nitrogens with zero attached hydrogens (tertiary/aromatic N) is 3. The van der Waals surface area contributed by atoms with Crippen LogP contribution in [0, 0.1) is 18.6 Å². The summed E-state index contributed by atoms with van der Waals surface area (Å²) in [4.78, 5) is 8.39. The Balaban J connectivity index is 2.04. The highest BCUT2D eigenvalue weighted by atomic mass is 32.1. The Labute approximate surface area is 106 Å². The maximum Gasteiger partial charge on any atom is 0.161 e. The van der Waals surface area contributed by atoms with Gasteiger partial charge in [-0.15, -0.1) is 11.3 Å². The molecule has 6 heteroatoms. The van der Waals surface area contributed by atoms with Crippen LogP contribution in [0.2, 0.25) is 0 Å². The quantitative estimate of drug-likeness (QED) is 0.712. The molecule has 2 heterocycles. The van der Waals surface area contributed by atoms with E-state index in [-0.39, 0.29) is 0 Å². The zero-order chi connectivity index (χ0) is 12.7. The van der Waals surface area contributed by atoms with Crippen molar-refractivity contribution in [3.63, 3.8) is 0 Å². The van der Waals surface area contributed by atoms with Crippen LogP contribution in [0.3, 0.4) is 0 Å². The number of rotatable bonds is 2. The Morgan fingerprint density at radius 3 is 2.78 bits per heavy atom. The van der Waals surface area contributed by atoms with E-state index in [1.807, 2.05) is 12.3 Å². The predicted molar refractivity (Wildman–Crippen MR) is 65.6 cm³/mol. The number of halogens is 2. The first-order valence-electron chi connectivity index (χ1n) is 5.34. The molecular formula is C12H9F2N3S. The lowest BCUT2D eigenvalue weighted by atomic mass is 10.3. The first-order valence-corrected chi connectivity index (χ1v) is 6.22. The maximum absolute atomic E-state index is 13.2. The van der Waals surface area contributed by atoms with Gasteiger partial charge in [0.1, 0.15) is 5.01 Å². The van der Waals surface area contributed by atoms with Gasteiger partial charge in [-0.05, 0) is 6.92 Å². The molecule has 0 N–H and O–H groups in total. The van der Waals surface area contributed by atoms with Crippen molar-refractivity contribution in [1.82, 2.24) is 14.5 Å². The fourth-order valence-corrected chi connectivity index (χ4v) is 2.57. The van der Waals surface area contributed by atoms with Crippen molar-refractivity contribution in [3.05, 3.63) is 46.2 Å². The number of hydrogen-bond donors (Lipinski definition) is 0. The number of benzene rings is 1. The summed E-state index contributed by atoms with van der Waals surface area (Å²) in [6.07, 6.45) is 1.57. The molecule has 18 heavy (non-hydrogen) atoms. The van der Waals surface area contributed by atoms with Crippen molar-refractivity contribution in [1.29, 1.82) is 0 Å². The Kier molecular flexibility index (Phi) is 2.59. The van der Waals surface area contributed by atoms with Crippen LogP contribution in [-0.2, 0) is 6.54 Å². The summed E-state index contributed by atoms with van der Waals surface area (Å²) in [5, 5.41) is 2.87. The molecule has 0 radical (unpaired) electrons. The van der Waals surface area contributed by atoms with E-state index in [1.165, 1.54) is 11.3 Å². The first-order chi connectivity index (χ1) is 8.63. The van der Waals surface area contributed by atoms with E-state index >= 15 is 0 Å². The van der Waals surface area contributed by atoms with Crippen LogP contribution in [0.15, 0.2) is 23.8 Å². The molecule has 92 valence electrons. The molecule has 3 aromatic rings. The Bertz CT molecular complexity index is 717. The summed E-state index contributed by atoms with van der Waals surface area (Å²) in [7, 11) is 0. The fourth-order valence-electron chi connectivity index (χ4n) is 1.80. The number of fused-ring (bicyclic) bond motifs is 1. The minimum Gasteiger partial charge on any atom is -0.324 e. The average molecular weight is 265 g/mol. The molecule has 1 aromatic carbocycles. The van der Waals surface area contributed by atoms with E-state index in [0.717, 1.165) is 22.8 Å². The second-order valence-electron chi connectivity index (χ2n) is 4.01. The van der Waals surface area contributed by atoms with Gasteiger partial charge in [-0.1, -0.05) is 0 Å². The van der Waals surface area contributed by atoms with Gasteiger partial charge in [0.25, 0.3) is 0 Å². The summed E-state index contributed by atoms with van der Waals surface area (Å²) in [5.41, 5.74) is 1.97. The predicted octanol–water partition coefficient (Wildman–Crippen LogP) is 3.13. The molecular weight excluding hydrogens is 256 g/mol. The number of thiazole rings is 1. The lowest BCUT2D eigenvalue weighted by Crippen LogP contribution is -1.98. The van der Waals surface area contributed by atoms with Crippen molar-refractivity contribution in [2.75, 3.05) is 0 Å². The molecule has 3 nitrogen and oxygen atoms in total. The van der Waals surface area contributed by atoms with Crippen LogP contribution >= 0.6 is 11.3 Å². The summed E-state index contributed by atoms with van der Waals surface area (Å²) in [5.74, 6) is -1.74. The number of aromatic nitrogens is 3. The lowest BCUT2D eigenvalue weighted by molar-refractivity contribution is 0.510. The average Bonchev–Trinajstić information content (AvgIpc) is 2.89. The van der Waals surface area contributed by atoms with Gasteiger partial charge in [0.05, 0.1) is 23.9 Å². The smallest absolute Gasteiger partial charge is 0.161 e. The van der Waals surface area contributed by atoms with E-state index in [2.05, 4.69) is 9.97 Å². The second-order valence-corrected chi connectivity index (χ2v) is 4.95. The zero-order valence-corrected chi connectivity index (χ0v) is 10.3. The van der Waals surface area contributed by atoms with Crippen LogP contribution in [0.4, 0.5) is 8.78 Å². The Morgan fingerprint density at radius 2 is 2.06 bits per heavy atom. The van der Waals surface area contributed by atoms with Crippen molar-refractivity contribution in [2.24, 2.45) is 0 Å². The van der Waals surface area contributed by atoms with Crippen LogP contribution < -0.4 is 0 Å². The largest absolute Gasteiger partial charge is 0.324 e. The highest BCUT2D eigenvalue weighted by molar-refractivity contribution is 7.09. The Morgan fingerprint density at radius 1 is 1.28 bits per heavy atom. The highest BCUT2D eigenvalue weighted by Crippen LogP contribution is 2.19. The second kappa shape index (κ2) is 4.13. The fraction of sp³-hybridized carbons (Fsp3) is 0.167. The zero-order valence-electron chi connectivity index (χ0n) is 9.52. The number of imidazole rings is 1. The van der Waals surface area contributed by atoms with Gasteiger partial charge in [0.15, 0.2) is 11.6 Å². The van der Waals surface area contributed by atoms with Gasteiger partial charge in [-0.2, -0.15) is 0 Å². The van der Waals surface area contributed by atoms with E-state index < -0.39 is 11.6 Å². The van der Waals surface area contributed by atoms with Gasteiger partial charge in [0.2, 0.25) is 0 Å². The monoisotopic (exact) mass is 265 g/mol. The van der Waals surface area contributed by atoms with Crippen molar-refractivity contribution in [2.45, 2.75) is 13.5 Å². The number of aryl methyl sites for hydroxylation is 1. The molecule has 0 bridgehead atoms. The minimum absolute atomic E-state index is 0.446. The van der Waals surface area contributed by atoms with Crippen molar-refractivity contribution in [3.8, 4) is 0 Å². The Hall–Kier alpha value is -1.82. The molecule has 0 unspecified atom stereocenters. The van der Waals surface area contributed by atoms with Crippen LogP contribution in [0.25, 0.3) is 11.0 Å². The summed E-state index contributed by atoms with van der Waals surface area (Å²) in [6, 6.07) is 2.27. The molecule has 0 saturated carbocycles. The molecule has 3 rings (SSSR count). The van der Waals surface area contributed by atoms with Crippen molar-refractivity contribution < 1.29 is 8.78 Å². The van der Waals surface area contributed by atoms with Crippen LogP contribution in [0.1, 0.15) is 10.7 Å². The summed E-state index contributed by atoms with van der Waals surface area (Å²) < 4.78 is 28.0. The summed E-state index contributed by atoms with van der Waals surface area (Å²) >= 11 is 1.54. The third-order valence-corrected chi connectivity index (χ3v) is 3.59. The molecule has 0 fully saturated rings. The highest BCUT2D eigenvalue weighted by Gasteiger charge is 2.10. The van der Waals surface area contributed by atoms with Crippen LogP contribution in [0.5, 0.6) is 0 Å². The van der Waals surface area contributed by atoms with Gasteiger partial charge in [0, 0.05) is 23.2 Å². The van der Waals surface area contributed by atoms with Crippen molar-refractivity contribution >= 4 is 22.4 Å². The normalized spacial score (nSPS) is 11.3. The summed E-state index contributed by atoms with van der Waals surface area (Å²) in [6.45, 7) is 2.43. The SMILES string of the molecule is Cc1csc(Cn2cnc3cc(F)c(F)cc32)n1. The van der Waals surface area contributed by atoms with Gasteiger partial charge < -0.3 is 4.57 Å². The van der Waals surface area contributed by atoms with Gasteiger partial charge >= 0.3 is 0 Å². The number of hydrogen-bond acceptors (Lipinski definition) is 3. The van der Waals surface area contributed by atoms with E-state index in [9.17, 15) is 8.78 Å². The van der Waals surface area contributed by atoms with E-state index in [4.69, 9.17) is 0 Å². The van der Waals surface area contributed by atoms with Gasteiger partial charge in [-0.3, -0.25) is 0 Å². The molecule has 0 aliphatic carbocycles. The van der Waals surface area contributed by atoms with E-state index in [1.54, 1.807) is 10.9 Å². The molecule has 0 spiro atoms. The molecule has 0 atom stereocenters. The molecule has 0 aliphatic rings. The minimum atomic E-state index is -0.877. The maximum atomic E-state index is 13.2. The van der Waals surface area contributed by atoms with Gasteiger partial charge in [-0.25, -0.2) is 18.7 Å². The molecule has 2 aromatic heterocycles. The van der Waals surface area contributed by atoms with E-state index in [0.29, 0.717) is 17.6 Å². The molecule has 0 saturated heterocycles.